The third kappa shape index (κ3) is 3.97. The van der Waals surface area contributed by atoms with Crippen molar-refractivity contribution in [3.63, 3.8) is 0 Å². The summed E-state index contributed by atoms with van der Waals surface area (Å²) in [4.78, 5) is 6.74. The van der Waals surface area contributed by atoms with Crippen LogP contribution in [-0.2, 0) is 6.54 Å². The molecule has 3 rings (SSSR count). The fourth-order valence-electron chi connectivity index (χ4n) is 3.42. The van der Waals surface area contributed by atoms with Crippen molar-refractivity contribution < 1.29 is 0 Å². The number of pyridine rings is 1. The van der Waals surface area contributed by atoms with Crippen LogP contribution in [0, 0.1) is 11.8 Å². The zero-order valence-electron chi connectivity index (χ0n) is 13.1. The van der Waals surface area contributed by atoms with E-state index in [1.54, 1.807) is 6.20 Å². The van der Waals surface area contributed by atoms with Crippen LogP contribution in [0.5, 0.6) is 0 Å². The predicted octanol–water partition coefficient (Wildman–Crippen LogP) is 3.33. The molecule has 2 unspecified atom stereocenters. The van der Waals surface area contributed by atoms with Crippen LogP contribution in [0.3, 0.4) is 0 Å². The fraction of sp³-hybridized carbons (Fsp3) is 0.706. The minimum absolute atomic E-state index is 0.615. The van der Waals surface area contributed by atoms with Crippen molar-refractivity contribution in [3.8, 4) is 0 Å². The molecule has 116 valence electrons. The van der Waals surface area contributed by atoms with Crippen molar-refractivity contribution in [3.05, 3.63) is 29.0 Å². The highest BCUT2D eigenvalue weighted by Gasteiger charge is 2.37. The lowest BCUT2D eigenvalue weighted by molar-refractivity contribution is 0.0999. The summed E-state index contributed by atoms with van der Waals surface area (Å²) in [7, 11) is 0. The van der Waals surface area contributed by atoms with Crippen molar-refractivity contribution in [1.82, 2.24) is 15.2 Å². The quantitative estimate of drug-likeness (QED) is 0.904. The van der Waals surface area contributed by atoms with Crippen LogP contribution >= 0.6 is 11.6 Å². The van der Waals surface area contributed by atoms with E-state index in [2.05, 4.69) is 35.1 Å². The highest BCUT2D eigenvalue weighted by molar-refractivity contribution is 6.31. The molecule has 2 heterocycles. The average molecular weight is 308 g/mol. The van der Waals surface area contributed by atoms with E-state index in [1.807, 2.05) is 6.20 Å². The van der Waals surface area contributed by atoms with Gasteiger partial charge in [0.15, 0.2) is 0 Å². The van der Waals surface area contributed by atoms with Gasteiger partial charge in [0.1, 0.15) is 0 Å². The maximum Gasteiger partial charge on any atom is 0.0634 e. The highest BCUT2D eigenvalue weighted by Crippen LogP contribution is 2.35. The van der Waals surface area contributed by atoms with Crippen molar-refractivity contribution in [2.75, 3.05) is 13.1 Å². The number of nitrogens with one attached hydrogen (secondary N) is 1. The van der Waals surface area contributed by atoms with Crippen LogP contribution in [0.4, 0.5) is 0 Å². The Hall–Kier alpha value is -0.640. The van der Waals surface area contributed by atoms with Gasteiger partial charge in [0.2, 0.25) is 0 Å². The summed E-state index contributed by atoms with van der Waals surface area (Å²) >= 11 is 6.30. The Morgan fingerprint density at radius 1 is 1.43 bits per heavy atom. The van der Waals surface area contributed by atoms with Crippen LogP contribution in [-0.4, -0.2) is 35.1 Å². The second kappa shape index (κ2) is 6.64. The van der Waals surface area contributed by atoms with Gasteiger partial charge in [-0.3, -0.25) is 9.88 Å². The highest BCUT2D eigenvalue weighted by atomic mass is 35.5. The van der Waals surface area contributed by atoms with E-state index < -0.39 is 0 Å². The molecule has 1 aromatic rings. The molecule has 0 radical (unpaired) electrons. The molecule has 0 aromatic carbocycles. The van der Waals surface area contributed by atoms with Crippen LogP contribution in [0.2, 0.25) is 5.02 Å². The number of rotatable bonds is 5. The molecule has 0 bridgehead atoms. The van der Waals surface area contributed by atoms with E-state index >= 15 is 0 Å². The number of nitrogens with zero attached hydrogens (tertiary/aromatic N) is 2. The molecular formula is C17H26ClN3. The minimum atomic E-state index is 0.615. The molecule has 4 heteroatoms. The summed E-state index contributed by atoms with van der Waals surface area (Å²) in [6.45, 7) is 7.83. The molecule has 1 aliphatic carbocycles. The summed E-state index contributed by atoms with van der Waals surface area (Å²) in [5, 5.41) is 4.57. The van der Waals surface area contributed by atoms with Gasteiger partial charge in [0, 0.05) is 44.1 Å². The van der Waals surface area contributed by atoms with Crippen molar-refractivity contribution in [2.45, 2.75) is 51.7 Å². The zero-order chi connectivity index (χ0) is 14.8. The molecule has 2 aliphatic rings. The second-order valence-corrected chi connectivity index (χ2v) is 7.44. The maximum atomic E-state index is 6.30. The Balaban J connectivity index is 1.71. The van der Waals surface area contributed by atoms with Crippen molar-refractivity contribution in [1.29, 1.82) is 0 Å². The van der Waals surface area contributed by atoms with Gasteiger partial charge in [-0.15, -0.1) is 0 Å². The lowest BCUT2D eigenvalue weighted by atomic mass is 9.97. The van der Waals surface area contributed by atoms with Gasteiger partial charge in [-0.25, -0.2) is 0 Å². The van der Waals surface area contributed by atoms with E-state index in [-0.39, 0.29) is 0 Å². The lowest BCUT2D eigenvalue weighted by Gasteiger charge is -2.41. The molecular weight excluding hydrogens is 282 g/mol. The number of aromatic nitrogens is 1. The smallest absolute Gasteiger partial charge is 0.0634 e. The van der Waals surface area contributed by atoms with Crippen LogP contribution in [0.25, 0.3) is 0 Å². The first-order valence-electron chi connectivity index (χ1n) is 8.19. The molecule has 1 saturated carbocycles. The van der Waals surface area contributed by atoms with E-state index in [9.17, 15) is 0 Å². The standard InChI is InChI=1S/C17H26ClN3/c1-12(2)7-15-8-20-17(13-3-4-13)11-21(15)10-14-5-6-19-9-16(14)18/h5-6,9,12-13,15,17,20H,3-4,7-8,10-11H2,1-2H3. The van der Waals surface area contributed by atoms with Crippen molar-refractivity contribution in [2.24, 2.45) is 11.8 Å². The molecule has 3 nitrogen and oxygen atoms in total. The Bertz CT molecular complexity index is 473. The van der Waals surface area contributed by atoms with Gasteiger partial charge >= 0.3 is 0 Å². The lowest BCUT2D eigenvalue weighted by Crippen LogP contribution is -2.57. The molecule has 2 atom stereocenters. The molecule has 0 amide bonds. The summed E-state index contributed by atoms with van der Waals surface area (Å²) in [6, 6.07) is 3.35. The molecule has 21 heavy (non-hydrogen) atoms. The predicted molar refractivity (Wildman–Crippen MR) is 87.4 cm³/mol. The van der Waals surface area contributed by atoms with Crippen LogP contribution in [0.1, 0.15) is 38.7 Å². The Labute approximate surface area is 133 Å². The third-order valence-electron chi connectivity index (χ3n) is 4.73. The van der Waals surface area contributed by atoms with Crippen LogP contribution in [0.15, 0.2) is 18.5 Å². The second-order valence-electron chi connectivity index (χ2n) is 7.03. The maximum absolute atomic E-state index is 6.30. The first-order valence-corrected chi connectivity index (χ1v) is 8.57. The molecule has 1 saturated heterocycles. The molecule has 0 spiro atoms. The zero-order valence-corrected chi connectivity index (χ0v) is 13.8. The van der Waals surface area contributed by atoms with Gasteiger partial charge in [-0.1, -0.05) is 25.4 Å². The van der Waals surface area contributed by atoms with Gasteiger partial charge in [0.25, 0.3) is 0 Å². The largest absolute Gasteiger partial charge is 0.311 e. The Morgan fingerprint density at radius 3 is 2.90 bits per heavy atom. The van der Waals surface area contributed by atoms with E-state index in [0.717, 1.165) is 36.5 Å². The first kappa shape index (κ1) is 15.3. The minimum Gasteiger partial charge on any atom is -0.311 e. The van der Waals surface area contributed by atoms with Crippen LogP contribution < -0.4 is 5.32 Å². The van der Waals surface area contributed by atoms with Gasteiger partial charge in [-0.05, 0) is 42.7 Å². The number of hydrogen-bond donors (Lipinski definition) is 1. The van der Waals surface area contributed by atoms with Gasteiger partial charge in [-0.2, -0.15) is 0 Å². The topological polar surface area (TPSA) is 28.2 Å². The number of piperazine rings is 1. The summed E-state index contributed by atoms with van der Waals surface area (Å²) in [6.07, 6.45) is 7.65. The number of hydrogen-bond acceptors (Lipinski definition) is 3. The van der Waals surface area contributed by atoms with Gasteiger partial charge in [0.05, 0.1) is 5.02 Å². The SMILES string of the molecule is CC(C)CC1CNC(C2CC2)CN1Cc1ccncc1Cl. The summed E-state index contributed by atoms with van der Waals surface area (Å²) < 4.78 is 0. The van der Waals surface area contributed by atoms with E-state index in [0.29, 0.717) is 12.1 Å². The monoisotopic (exact) mass is 307 g/mol. The van der Waals surface area contributed by atoms with Crippen molar-refractivity contribution >= 4 is 11.6 Å². The normalized spacial score (nSPS) is 27.2. The third-order valence-corrected chi connectivity index (χ3v) is 5.07. The Morgan fingerprint density at radius 2 is 2.24 bits per heavy atom. The van der Waals surface area contributed by atoms with Gasteiger partial charge < -0.3 is 5.32 Å². The molecule has 1 N–H and O–H groups in total. The fourth-order valence-corrected chi connectivity index (χ4v) is 3.60. The molecule has 1 aliphatic heterocycles. The first-order chi connectivity index (χ1) is 10.1. The summed E-state index contributed by atoms with van der Waals surface area (Å²) in [5.74, 6) is 1.63. The average Bonchev–Trinajstić information content (AvgIpc) is 3.27. The number of halogens is 1. The molecule has 1 aromatic heterocycles. The molecule has 2 fully saturated rings. The van der Waals surface area contributed by atoms with E-state index in [1.165, 1.54) is 24.8 Å². The Kier molecular flexibility index (Phi) is 4.82. The van der Waals surface area contributed by atoms with E-state index in [4.69, 9.17) is 11.6 Å². The summed E-state index contributed by atoms with van der Waals surface area (Å²) in [5.41, 5.74) is 1.21.